The molecule has 35 heavy (non-hydrogen) atoms. The molecule has 3 aromatic rings. The first kappa shape index (κ1) is 24.7. The van der Waals surface area contributed by atoms with Crippen molar-refractivity contribution in [2.24, 2.45) is 0 Å². The predicted octanol–water partition coefficient (Wildman–Crippen LogP) is 2.36. The molecule has 0 radical (unpaired) electrons. The molecule has 1 fully saturated rings. The molecule has 1 saturated heterocycles. The van der Waals surface area contributed by atoms with Gasteiger partial charge in [0.2, 0.25) is 0 Å². The van der Waals surface area contributed by atoms with Crippen LogP contribution in [0.2, 0.25) is 0 Å². The lowest BCUT2D eigenvalue weighted by atomic mass is 9.92. The van der Waals surface area contributed by atoms with E-state index in [0.717, 1.165) is 29.1 Å². The van der Waals surface area contributed by atoms with Gasteiger partial charge in [0, 0.05) is 59.8 Å². The Morgan fingerprint density at radius 3 is 2.69 bits per heavy atom. The summed E-state index contributed by atoms with van der Waals surface area (Å²) in [7, 11) is 1.34. The first-order chi connectivity index (χ1) is 16.7. The Balaban J connectivity index is 1.74. The molecule has 0 saturated carbocycles. The lowest BCUT2D eigenvalue weighted by Gasteiger charge is -2.31. The van der Waals surface area contributed by atoms with Crippen molar-refractivity contribution < 1.29 is 19.1 Å². The molecular weight excluding hydrogens is 448 g/mol. The minimum Gasteiger partial charge on any atom is -0.465 e. The highest BCUT2D eigenvalue weighted by Crippen LogP contribution is 2.30. The number of fused-ring (bicyclic) bond motifs is 1. The number of aromatic nitrogens is 2. The first-order valence-corrected chi connectivity index (χ1v) is 11.7. The quantitative estimate of drug-likeness (QED) is 0.467. The Bertz CT molecular complexity index is 1330. The van der Waals surface area contributed by atoms with Crippen molar-refractivity contribution in [3.05, 3.63) is 74.0 Å². The molecule has 3 aromatic heterocycles. The van der Waals surface area contributed by atoms with Gasteiger partial charge in [-0.05, 0) is 50.1 Å². The van der Waals surface area contributed by atoms with E-state index in [-0.39, 0.29) is 30.0 Å². The van der Waals surface area contributed by atoms with Crippen LogP contribution in [0.1, 0.15) is 61.6 Å². The Kier molecular flexibility index (Phi) is 7.09. The van der Waals surface area contributed by atoms with Gasteiger partial charge in [-0.2, -0.15) is 0 Å². The summed E-state index contributed by atoms with van der Waals surface area (Å²) < 4.78 is 12.9. The number of aryl methyl sites for hydroxylation is 2. The van der Waals surface area contributed by atoms with Gasteiger partial charge in [0.05, 0.1) is 25.4 Å². The number of morpholine rings is 1. The zero-order chi connectivity index (χ0) is 25.3. The van der Waals surface area contributed by atoms with Crippen molar-refractivity contribution in [1.29, 1.82) is 0 Å². The van der Waals surface area contributed by atoms with Gasteiger partial charge >= 0.3 is 5.97 Å². The number of hydrogen-bond acceptors (Lipinski definition) is 6. The average Bonchev–Trinajstić information content (AvgIpc) is 3.26. The highest BCUT2D eigenvalue weighted by Gasteiger charge is 2.28. The van der Waals surface area contributed by atoms with Crippen molar-refractivity contribution >= 4 is 17.4 Å². The molecule has 3 N–H and O–H groups in total. The van der Waals surface area contributed by atoms with E-state index in [9.17, 15) is 14.4 Å². The Morgan fingerprint density at radius 1 is 1.26 bits per heavy atom. The highest BCUT2D eigenvalue weighted by molar-refractivity contribution is 5.98. The lowest BCUT2D eigenvalue weighted by Crippen LogP contribution is -2.41. The van der Waals surface area contributed by atoms with Crippen LogP contribution in [-0.4, -0.2) is 54.2 Å². The van der Waals surface area contributed by atoms with Crippen molar-refractivity contribution in [3.63, 3.8) is 0 Å². The number of methoxy groups -OCH3 is 1. The highest BCUT2D eigenvalue weighted by atomic mass is 16.5. The van der Waals surface area contributed by atoms with Gasteiger partial charge in [-0.3, -0.25) is 9.59 Å². The molecule has 1 aliphatic rings. The monoisotopic (exact) mass is 480 g/mol. The molecule has 0 spiro atoms. The standard InChI is InChI=1S/C26H32N4O5/c1-14-8-15(2)29-25(32)21(14)11-28-24(31)20-10-19-9-18(26(33)34-5)13-30(19)23(16(20)3)17(4)22-12-27-6-7-35-22/h8-10,13,17,22,27H,6-7,11-12H2,1-5H3,(H,28,31)(H,29,32). The molecule has 2 unspecified atom stereocenters. The maximum Gasteiger partial charge on any atom is 0.339 e. The lowest BCUT2D eigenvalue weighted by molar-refractivity contribution is 0.0135. The van der Waals surface area contributed by atoms with E-state index in [1.165, 1.54) is 7.11 Å². The summed E-state index contributed by atoms with van der Waals surface area (Å²) in [5, 5.41) is 6.26. The van der Waals surface area contributed by atoms with Gasteiger partial charge in [-0.25, -0.2) is 4.79 Å². The maximum absolute atomic E-state index is 13.4. The summed E-state index contributed by atoms with van der Waals surface area (Å²) in [6, 6.07) is 5.36. The van der Waals surface area contributed by atoms with Gasteiger partial charge < -0.3 is 29.5 Å². The molecule has 4 heterocycles. The van der Waals surface area contributed by atoms with E-state index < -0.39 is 5.97 Å². The molecule has 9 heteroatoms. The maximum atomic E-state index is 13.4. The molecule has 9 nitrogen and oxygen atoms in total. The minimum atomic E-state index is -0.444. The number of H-pyrrole nitrogens is 1. The molecule has 4 rings (SSSR count). The van der Waals surface area contributed by atoms with Crippen LogP contribution in [0.15, 0.2) is 29.2 Å². The Labute approximate surface area is 203 Å². The van der Waals surface area contributed by atoms with Crippen LogP contribution < -0.4 is 16.2 Å². The van der Waals surface area contributed by atoms with Gasteiger partial charge in [-0.1, -0.05) is 6.92 Å². The summed E-state index contributed by atoms with van der Waals surface area (Å²) in [5.41, 5.74) is 5.19. The number of pyridine rings is 2. The van der Waals surface area contributed by atoms with Gasteiger partial charge in [0.1, 0.15) is 0 Å². The van der Waals surface area contributed by atoms with Crippen molar-refractivity contribution in [2.45, 2.75) is 46.3 Å². The largest absolute Gasteiger partial charge is 0.465 e. The van der Waals surface area contributed by atoms with Crippen LogP contribution in [0.4, 0.5) is 0 Å². The first-order valence-electron chi connectivity index (χ1n) is 11.7. The van der Waals surface area contributed by atoms with E-state index >= 15 is 0 Å². The number of nitrogens with zero attached hydrogens (tertiary/aromatic N) is 1. The third-order valence-corrected chi connectivity index (χ3v) is 6.72. The number of carbonyl (C=O) groups is 2. The minimum absolute atomic E-state index is 0.0573. The summed E-state index contributed by atoms with van der Waals surface area (Å²) >= 11 is 0. The third-order valence-electron chi connectivity index (χ3n) is 6.72. The van der Waals surface area contributed by atoms with Crippen LogP contribution in [0.3, 0.4) is 0 Å². The van der Waals surface area contributed by atoms with Crippen molar-refractivity contribution in [3.8, 4) is 0 Å². The predicted molar refractivity (Wildman–Crippen MR) is 132 cm³/mol. The topological polar surface area (TPSA) is 114 Å². The zero-order valence-corrected chi connectivity index (χ0v) is 20.8. The number of carbonyl (C=O) groups excluding carboxylic acids is 2. The van der Waals surface area contributed by atoms with Crippen LogP contribution >= 0.6 is 0 Å². The summed E-state index contributed by atoms with van der Waals surface area (Å²) in [4.78, 5) is 40.8. The number of rotatable bonds is 6. The SMILES string of the molecule is COC(=O)c1cc2cc(C(=O)NCc3c(C)cc(C)[nH]c3=O)c(C)c(C(C)C3CNCCO3)n2c1. The fourth-order valence-electron chi connectivity index (χ4n) is 4.85. The van der Waals surface area contributed by atoms with E-state index in [0.29, 0.717) is 35.4 Å². The second-order valence-electron chi connectivity index (χ2n) is 9.11. The van der Waals surface area contributed by atoms with Crippen LogP contribution in [0, 0.1) is 20.8 Å². The van der Waals surface area contributed by atoms with E-state index in [2.05, 4.69) is 22.5 Å². The van der Waals surface area contributed by atoms with Crippen LogP contribution in [0.25, 0.3) is 5.52 Å². The van der Waals surface area contributed by atoms with E-state index in [1.807, 2.05) is 31.2 Å². The number of aromatic amines is 1. The zero-order valence-electron chi connectivity index (χ0n) is 20.8. The average molecular weight is 481 g/mol. The molecule has 0 aliphatic carbocycles. The smallest absolute Gasteiger partial charge is 0.339 e. The van der Waals surface area contributed by atoms with Gasteiger partial charge in [0.15, 0.2) is 0 Å². The normalized spacial score (nSPS) is 16.8. The number of nitrogens with one attached hydrogen (secondary N) is 3. The van der Waals surface area contributed by atoms with E-state index in [1.54, 1.807) is 18.3 Å². The van der Waals surface area contributed by atoms with E-state index in [4.69, 9.17) is 9.47 Å². The molecule has 2 atom stereocenters. The number of hydrogen-bond donors (Lipinski definition) is 3. The van der Waals surface area contributed by atoms with Crippen molar-refractivity contribution in [2.75, 3.05) is 26.8 Å². The summed E-state index contributed by atoms with van der Waals surface area (Å²) in [6.07, 6.45) is 1.66. The molecular formula is C26H32N4O5. The fourth-order valence-corrected chi connectivity index (χ4v) is 4.85. The molecule has 0 bridgehead atoms. The van der Waals surface area contributed by atoms with Gasteiger partial charge in [0.25, 0.3) is 11.5 Å². The Hall–Kier alpha value is -3.43. The molecule has 0 aromatic carbocycles. The Morgan fingerprint density at radius 2 is 2.03 bits per heavy atom. The number of esters is 1. The second kappa shape index (κ2) is 10.1. The van der Waals surface area contributed by atoms with Crippen molar-refractivity contribution in [1.82, 2.24) is 20.0 Å². The number of ether oxygens (including phenoxy) is 2. The summed E-state index contributed by atoms with van der Waals surface area (Å²) in [6.45, 7) is 9.86. The molecule has 1 amide bonds. The van der Waals surface area contributed by atoms with Crippen LogP contribution in [-0.2, 0) is 16.0 Å². The second-order valence-corrected chi connectivity index (χ2v) is 9.11. The third kappa shape index (κ3) is 4.87. The van der Waals surface area contributed by atoms with Gasteiger partial charge in [-0.15, -0.1) is 0 Å². The summed E-state index contributed by atoms with van der Waals surface area (Å²) in [5.74, 6) is -0.792. The fraction of sp³-hybridized carbons (Fsp3) is 0.423. The number of amides is 1. The molecule has 186 valence electrons. The van der Waals surface area contributed by atoms with Crippen LogP contribution in [0.5, 0.6) is 0 Å². The molecule has 1 aliphatic heterocycles.